The number of nitrogens with zero attached hydrogens (tertiary/aromatic N) is 1. The number of aliphatic hydroxyl groups excluding tert-OH is 1. The van der Waals surface area contributed by atoms with E-state index in [9.17, 15) is 14.7 Å². The van der Waals surface area contributed by atoms with Crippen molar-refractivity contribution < 1.29 is 28.9 Å². The Labute approximate surface area is 138 Å². The van der Waals surface area contributed by atoms with Gasteiger partial charge in [-0.1, -0.05) is 0 Å². The highest BCUT2D eigenvalue weighted by Gasteiger charge is 2.31. The molecule has 0 spiro atoms. The normalized spacial score (nSPS) is 16.2. The number of hydrogen-bond acceptors (Lipinski definition) is 6. The molecule has 1 aliphatic heterocycles. The van der Waals surface area contributed by atoms with Gasteiger partial charge in [-0.25, -0.2) is 4.79 Å². The van der Waals surface area contributed by atoms with E-state index in [1.165, 1.54) is 13.2 Å². The van der Waals surface area contributed by atoms with Crippen LogP contribution in [0, 0.1) is 0 Å². The molecule has 0 radical (unpaired) electrons. The first-order valence-electron chi connectivity index (χ1n) is 7.45. The monoisotopic (exact) mass is 331 g/mol. The number of aromatic nitrogens is 1. The van der Waals surface area contributed by atoms with Gasteiger partial charge in [-0.3, -0.25) is 4.79 Å². The third-order valence-corrected chi connectivity index (χ3v) is 3.83. The van der Waals surface area contributed by atoms with Gasteiger partial charge in [-0.2, -0.15) is 0 Å². The second kappa shape index (κ2) is 6.76. The quantitative estimate of drug-likeness (QED) is 0.636. The Morgan fingerprint density at radius 1 is 1.42 bits per heavy atom. The first-order valence-corrected chi connectivity index (χ1v) is 7.45. The molecule has 0 bridgehead atoms. The van der Waals surface area contributed by atoms with Crippen LogP contribution in [0.5, 0.6) is 11.5 Å². The maximum absolute atomic E-state index is 12.0. The number of fused-ring (bicyclic) bond motifs is 1. The largest absolute Gasteiger partial charge is 0.492 e. The van der Waals surface area contributed by atoms with Crippen LogP contribution >= 0.6 is 0 Å². The number of cyclic esters (lactones) is 1. The van der Waals surface area contributed by atoms with Crippen LogP contribution in [-0.2, 0) is 17.7 Å². The zero-order chi connectivity index (χ0) is 17.1. The van der Waals surface area contributed by atoms with Crippen LogP contribution < -0.4 is 9.47 Å². The third kappa shape index (κ3) is 2.98. The molecule has 1 N–H and O–H groups in total. The van der Waals surface area contributed by atoms with Gasteiger partial charge in [-0.05, 0) is 23.8 Å². The van der Waals surface area contributed by atoms with Crippen molar-refractivity contribution >= 4 is 12.3 Å². The average molecular weight is 331 g/mol. The Balaban J connectivity index is 1.92. The van der Waals surface area contributed by atoms with Gasteiger partial charge >= 0.3 is 5.97 Å². The summed E-state index contributed by atoms with van der Waals surface area (Å²) in [5.41, 5.74) is 0.809. The van der Waals surface area contributed by atoms with E-state index in [-0.39, 0.29) is 23.3 Å². The summed E-state index contributed by atoms with van der Waals surface area (Å²) in [6.45, 7) is 0.937. The number of ether oxygens (including phenoxy) is 3. The summed E-state index contributed by atoms with van der Waals surface area (Å²) in [6, 6.07) is 5.31. The smallest absolute Gasteiger partial charge is 0.340 e. The lowest BCUT2D eigenvalue weighted by Crippen LogP contribution is -2.28. The maximum Gasteiger partial charge on any atom is 0.340 e. The number of methoxy groups -OCH3 is 1. The standard InChI is InChI=1S/C17H17NO6/c1-22-16-13(10-19)11-9-15(20)24-17(21)12(11)8-14(16)23-7-6-18-4-2-3-5-18/h2-5,8,10,15,20H,6-7,9H2,1H3. The minimum Gasteiger partial charge on any atom is -0.492 e. The molecular weight excluding hydrogens is 314 g/mol. The molecule has 1 aromatic heterocycles. The Bertz CT molecular complexity index is 753. The first-order chi connectivity index (χ1) is 11.6. The number of aldehydes is 1. The minimum absolute atomic E-state index is 0.0369. The molecule has 0 amide bonds. The lowest BCUT2D eigenvalue weighted by Gasteiger charge is -2.24. The van der Waals surface area contributed by atoms with Gasteiger partial charge < -0.3 is 23.9 Å². The van der Waals surface area contributed by atoms with Crippen LogP contribution in [0.1, 0.15) is 26.3 Å². The third-order valence-electron chi connectivity index (χ3n) is 3.83. The highest BCUT2D eigenvalue weighted by atomic mass is 16.6. The van der Waals surface area contributed by atoms with Gasteiger partial charge in [0.15, 0.2) is 17.8 Å². The lowest BCUT2D eigenvalue weighted by molar-refractivity contribution is -0.0688. The van der Waals surface area contributed by atoms with E-state index >= 15 is 0 Å². The Morgan fingerprint density at radius 2 is 2.17 bits per heavy atom. The Morgan fingerprint density at radius 3 is 2.83 bits per heavy atom. The summed E-state index contributed by atoms with van der Waals surface area (Å²) < 4.78 is 17.7. The molecule has 1 atom stereocenters. The molecule has 2 aromatic rings. The molecule has 1 unspecified atom stereocenters. The van der Waals surface area contributed by atoms with Crippen LogP contribution in [0.4, 0.5) is 0 Å². The minimum atomic E-state index is -1.27. The fourth-order valence-corrected chi connectivity index (χ4v) is 2.73. The van der Waals surface area contributed by atoms with Crippen LogP contribution in [0.15, 0.2) is 30.6 Å². The number of carbonyl (C=O) groups is 2. The predicted octanol–water partition coefficient (Wildman–Crippen LogP) is 1.42. The van der Waals surface area contributed by atoms with Gasteiger partial charge in [0.05, 0.1) is 24.8 Å². The SMILES string of the molecule is COc1c(OCCn2cccc2)cc2c(c1C=O)CC(O)OC2=O. The molecule has 0 fully saturated rings. The molecule has 0 saturated heterocycles. The summed E-state index contributed by atoms with van der Waals surface area (Å²) in [5, 5.41) is 9.59. The second-order valence-corrected chi connectivity index (χ2v) is 5.30. The van der Waals surface area contributed by atoms with Crippen LogP contribution in [0.25, 0.3) is 0 Å². The van der Waals surface area contributed by atoms with Crippen molar-refractivity contribution in [3.05, 3.63) is 47.3 Å². The Hall–Kier alpha value is -2.80. The number of esters is 1. The summed E-state index contributed by atoms with van der Waals surface area (Å²) in [5.74, 6) is -0.151. The van der Waals surface area contributed by atoms with Crippen LogP contribution in [0.3, 0.4) is 0 Å². The fourth-order valence-electron chi connectivity index (χ4n) is 2.73. The second-order valence-electron chi connectivity index (χ2n) is 5.30. The molecule has 7 nitrogen and oxygen atoms in total. The van der Waals surface area contributed by atoms with Gasteiger partial charge in [0.25, 0.3) is 0 Å². The van der Waals surface area contributed by atoms with E-state index in [4.69, 9.17) is 14.2 Å². The average Bonchev–Trinajstić information content (AvgIpc) is 3.07. The molecule has 126 valence electrons. The number of hydrogen-bond donors (Lipinski definition) is 1. The summed E-state index contributed by atoms with van der Waals surface area (Å²) in [4.78, 5) is 23.5. The van der Waals surface area contributed by atoms with Gasteiger partial charge in [-0.15, -0.1) is 0 Å². The fraction of sp³-hybridized carbons (Fsp3) is 0.294. The van der Waals surface area contributed by atoms with Crippen molar-refractivity contribution in [2.24, 2.45) is 0 Å². The van der Waals surface area contributed by atoms with E-state index in [1.54, 1.807) is 0 Å². The molecule has 2 heterocycles. The number of carbonyl (C=O) groups excluding carboxylic acids is 2. The zero-order valence-electron chi connectivity index (χ0n) is 13.1. The molecule has 1 aliphatic rings. The molecule has 0 saturated carbocycles. The van der Waals surface area contributed by atoms with Crippen LogP contribution in [-0.4, -0.2) is 41.9 Å². The van der Waals surface area contributed by atoms with Crippen molar-refractivity contribution in [2.45, 2.75) is 19.3 Å². The maximum atomic E-state index is 12.0. The lowest BCUT2D eigenvalue weighted by atomic mass is 9.95. The van der Waals surface area contributed by atoms with Crippen molar-refractivity contribution in [1.82, 2.24) is 4.57 Å². The van der Waals surface area contributed by atoms with E-state index in [0.29, 0.717) is 30.8 Å². The van der Waals surface area contributed by atoms with Crippen molar-refractivity contribution in [1.29, 1.82) is 0 Å². The van der Waals surface area contributed by atoms with E-state index in [2.05, 4.69) is 0 Å². The van der Waals surface area contributed by atoms with Gasteiger partial charge in [0, 0.05) is 18.8 Å². The van der Waals surface area contributed by atoms with Crippen molar-refractivity contribution in [3.63, 3.8) is 0 Å². The van der Waals surface area contributed by atoms with E-state index < -0.39 is 12.3 Å². The summed E-state index contributed by atoms with van der Waals surface area (Å²) in [7, 11) is 1.42. The zero-order valence-corrected chi connectivity index (χ0v) is 13.1. The number of rotatable bonds is 6. The molecule has 7 heteroatoms. The highest BCUT2D eigenvalue weighted by Crippen LogP contribution is 2.37. The van der Waals surface area contributed by atoms with Gasteiger partial charge in [0.2, 0.25) is 6.29 Å². The van der Waals surface area contributed by atoms with Crippen LogP contribution in [0.2, 0.25) is 0 Å². The number of aliphatic hydroxyl groups is 1. The van der Waals surface area contributed by atoms with E-state index in [0.717, 1.165) is 0 Å². The molecule has 3 rings (SSSR count). The molecule has 1 aromatic carbocycles. The summed E-state index contributed by atoms with van der Waals surface area (Å²) in [6.07, 6.45) is 3.18. The topological polar surface area (TPSA) is 87.0 Å². The van der Waals surface area contributed by atoms with Crippen molar-refractivity contribution in [3.8, 4) is 11.5 Å². The molecule has 24 heavy (non-hydrogen) atoms. The van der Waals surface area contributed by atoms with Gasteiger partial charge in [0.1, 0.15) is 6.61 Å². The molecular formula is C17H17NO6. The van der Waals surface area contributed by atoms with E-state index in [1.807, 2.05) is 29.1 Å². The molecule has 0 aliphatic carbocycles. The van der Waals surface area contributed by atoms with Crippen molar-refractivity contribution in [2.75, 3.05) is 13.7 Å². The highest BCUT2D eigenvalue weighted by molar-refractivity contribution is 5.97. The predicted molar refractivity (Wildman–Crippen MR) is 83.4 cm³/mol. The Kier molecular flexibility index (Phi) is 4.52. The number of benzene rings is 1. The first kappa shape index (κ1) is 16.1. The summed E-state index contributed by atoms with van der Waals surface area (Å²) >= 11 is 0.